The maximum absolute atomic E-state index is 4.67. The Bertz CT molecular complexity index is 573. The number of aromatic nitrogens is 2. The molecule has 20 heavy (non-hydrogen) atoms. The van der Waals surface area contributed by atoms with Gasteiger partial charge in [-0.05, 0) is 37.8 Å². The Hall–Kier alpha value is -1.64. The molecule has 1 aromatic heterocycles. The van der Waals surface area contributed by atoms with Crippen LogP contribution in [0.15, 0.2) is 24.3 Å². The molecule has 1 aromatic carbocycles. The second-order valence-electron chi connectivity index (χ2n) is 5.87. The van der Waals surface area contributed by atoms with Crippen LogP contribution < -0.4 is 5.32 Å². The molecule has 0 bridgehead atoms. The molecule has 0 amide bonds. The third-order valence-corrected chi connectivity index (χ3v) is 4.30. The summed E-state index contributed by atoms with van der Waals surface area (Å²) in [6, 6.07) is 8.05. The molecular weight excluding hydrogens is 246 g/mol. The van der Waals surface area contributed by atoms with Crippen molar-refractivity contribution in [2.75, 3.05) is 11.9 Å². The van der Waals surface area contributed by atoms with Crippen molar-refractivity contribution in [1.29, 1.82) is 0 Å². The van der Waals surface area contributed by atoms with Crippen LogP contribution >= 0.6 is 0 Å². The SMILES string of the molecule is Cc1nc2ccccc2nc1NCCCC1CCCC1. The van der Waals surface area contributed by atoms with Gasteiger partial charge in [0.25, 0.3) is 0 Å². The zero-order chi connectivity index (χ0) is 13.8. The van der Waals surface area contributed by atoms with Crippen molar-refractivity contribution in [1.82, 2.24) is 9.97 Å². The van der Waals surface area contributed by atoms with E-state index >= 15 is 0 Å². The lowest BCUT2D eigenvalue weighted by Crippen LogP contribution is -2.08. The fourth-order valence-corrected chi connectivity index (χ4v) is 3.15. The van der Waals surface area contributed by atoms with Crippen molar-refractivity contribution in [2.45, 2.75) is 45.4 Å². The number of hydrogen-bond acceptors (Lipinski definition) is 3. The maximum Gasteiger partial charge on any atom is 0.148 e. The summed E-state index contributed by atoms with van der Waals surface area (Å²) in [4.78, 5) is 9.28. The molecule has 0 saturated heterocycles. The Morgan fingerprint density at radius 3 is 2.55 bits per heavy atom. The van der Waals surface area contributed by atoms with Gasteiger partial charge in [-0.1, -0.05) is 37.8 Å². The Morgan fingerprint density at radius 1 is 1.10 bits per heavy atom. The van der Waals surface area contributed by atoms with Crippen molar-refractivity contribution in [3.63, 3.8) is 0 Å². The standard InChI is InChI=1S/C17H23N3/c1-13-17(18-12-6-9-14-7-2-3-8-14)20-16-11-5-4-10-15(16)19-13/h4-5,10-11,14H,2-3,6-9,12H2,1H3,(H,18,20). The van der Waals surface area contributed by atoms with Gasteiger partial charge in [-0.2, -0.15) is 0 Å². The first-order chi connectivity index (χ1) is 9.83. The van der Waals surface area contributed by atoms with Crippen molar-refractivity contribution < 1.29 is 0 Å². The number of para-hydroxylation sites is 2. The largest absolute Gasteiger partial charge is 0.369 e. The molecule has 1 fully saturated rings. The van der Waals surface area contributed by atoms with Gasteiger partial charge in [-0.3, -0.25) is 0 Å². The molecule has 1 heterocycles. The van der Waals surface area contributed by atoms with Gasteiger partial charge in [0, 0.05) is 6.54 Å². The Balaban J connectivity index is 1.57. The van der Waals surface area contributed by atoms with E-state index in [9.17, 15) is 0 Å². The van der Waals surface area contributed by atoms with Crippen LogP contribution in [0.2, 0.25) is 0 Å². The average Bonchev–Trinajstić information content (AvgIpc) is 2.97. The zero-order valence-electron chi connectivity index (χ0n) is 12.2. The normalized spacial score (nSPS) is 15.8. The first-order valence-electron chi connectivity index (χ1n) is 7.80. The molecule has 1 aliphatic rings. The summed E-state index contributed by atoms with van der Waals surface area (Å²) in [5, 5.41) is 3.46. The summed E-state index contributed by atoms with van der Waals surface area (Å²) >= 11 is 0. The first-order valence-corrected chi connectivity index (χ1v) is 7.80. The molecule has 2 aromatic rings. The van der Waals surface area contributed by atoms with Crippen molar-refractivity contribution in [3.8, 4) is 0 Å². The molecule has 1 saturated carbocycles. The Morgan fingerprint density at radius 2 is 1.80 bits per heavy atom. The molecule has 0 unspecified atom stereocenters. The highest BCUT2D eigenvalue weighted by Gasteiger charge is 2.14. The van der Waals surface area contributed by atoms with E-state index in [1.807, 2.05) is 31.2 Å². The summed E-state index contributed by atoms with van der Waals surface area (Å²) in [5.41, 5.74) is 2.93. The van der Waals surface area contributed by atoms with Gasteiger partial charge in [0.15, 0.2) is 0 Å². The lowest BCUT2D eigenvalue weighted by atomic mass is 10.0. The van der Waals surface area contributed by atoms with Gasteiger partial charge in [0.1, 0.15) is 5.82 Å². The average molecular weight is 269 g/mol. The smallest absolute Gasteiger partial charge is 0.148 e. The van der Waals surface area contributed by atoms with E-state index in [1.54, 1.807) is 0 Å². The topological polar surface area (TPSA) is 37.8 Å². The monoisotopic (exact) mass is 269 g/mol. The van der Waals surface area contributed by atoms with Gasteiger partial charge in [-0.25, -0.2) is 9.97 Å². The van der Waals surface area contributed by atoms with Gasteiger partial charge < -0.3 is 5.32 Å². The lowest BCUT2D eigenvalue weighted by Gasteiger charge is -2.11. The molecule has 0 aliphatic heterocycles. The summed E-state index contributed by atoms with van der Waals surface area (Å²) in [7, 11) is 0. The van der Waals surface area contributed by atoms with Crippen molar-refractivity contribution >= 4 is 16.9 Å². The molecule has 0 atom stereocenters. The summed E-state index contributed by atoms with van der Waals surface area (Å²) in [6.07, 6.45) is 8.34. The van der Waals surface area contributed by atoms with Crippen LogP contribution in [0, 0.1) is 12.8 Å². The van der Waals surface area contributed by atoms with E-state index in [1.165, 1.54) is 38.5 Å². The number of nitrogens with one attached hydrogen (secondary N) is 1. The highest BCUT2D eigenvalue weighted by atomic mass is 15.0. The predicted molar refractivity (Wildman–Crippen MR) is 84.0 cm³/mol. The molecule has 0 spiro atoms. The number of nitrogens with zero attached hydrogens (tertiary/aromatic N) is 2. The minimum absolute atomic E-state index is 0.940. The number of anilines is 1. The second kappa shape index (κ2) is 6.21. The fraction of sp³-hybridized carbons (Fsp3) is 0.529. The third kappa shape index (κ3) is 3.09. The van der Waals surface area contributed by atoms with E-state index < -0.39 is 0 Å². The summed E-state index contributed by atoms with van der Waals surface area (Å²) < 4.78 is 0. The quantitative estimate of drug-likeness (QED) is 0.821. The van der Waals surface area contributed by atoms with Gasteiger partial charge in [0.05, 0.1) is 16.7 Å². The van der Waals surface area contributed by atoms with Crippen LogP contribution in [0.4, 0.5) is 5.82 Å². The number of fused-ring (bicyclic) bond motifs is 1. The molecular formula is C17H23N3. The van der Waals surface area contributed by atoms with Crippen LogP contribution in [0.3, 0.4) is 0 Å². The summed E-state index contributed by atoms with van der Waals surface area (Å²) in [6.45, 7) is 3.03. The van der Waals surface area contributed by atoms with Crippen LogP contribution in [-0.4, -0.2) is 16.5 Å². The van der Waals surface area contributed by atoms with E-state index in [2.05, 4.69) is 15.3 Å². The molecule has 1 aliphatic carbocycles. The molecule has 3 rings (SSSR count). The van der Waals surface area contributed by atoms with E-state index in [-0.39, 0.29) is 0 Å². The van der Waals surface area contributed by atoms with E-state index in [0.29, 0.717) is 0 Å². The highest BCUT2D eigenvalue weighted by Crippen LogP contribution is 2.28. The third-order valence-electron chi connectivity index (χ3n) is 4.30. The Kier molecular flexibility index (Phi) is 4.14. The molecule has 1 N–H and O–H groups in total. The van der Waals surface area contributed by atoms with Crippen LogP contribution in [-0.2, 0) is 0 Å². The lowest BCUT2D eigenvalue weighted by molar-refractivity contribution is 0.491. The minimum atomic E-state index is 0.940. The predicted octanol–water partition coefficient (Wildman–Crippen LogP) is 4.32. The first kappa shape index (κ1) is 13.3. The van der Waals surface area contributed by atoms with Crippen molar-refractivity contribution in [2.24, 2.45) is 5.92 Å². The number of aryl methyl sites for hydroxylation is 1. The van der Waals surface area contributed by atoms with E-state index in [0.717, 1.165) is 35.0 Å². The molecule has 106 valence electrons. The molecule has 3 heteroatoms. The van der Waals surface area contributed by atoms with Crippen LogP contribution in [0.1, 0.15) is 44.2 Å². The molecule has 0 radical (unpaired) electrons. The Labute approximate surface area is 120 Å². The van der Waals surface area contributed by atoms with Gasteiger partial charge in [-0.15, -0.1) is 0 Å². The van der Waals surface area contributed by atoms with Crippen LogP contribution in [0.25, 0.3) is 11.0 Å². The van der Waals surface area contributed by atoms with Crippen molar-refractivity contribution in [3.05, 3.63) is 30.0 Å². The number of rotatable bonds is 5. The van der Waals surface area contributed by atoms with E-state index in [4.69, 9.17) is 0 Å². The second-order valence-corrected chi connectivity index (χ2v) is 5.87. The maximum atomic E-state index is 4.67. The zero-order valence-corrected chi connectivity index (χ0v) is 12.2. The van der Waals surface area contributed by atoms with Crippen LogP contribution in [0.5, 0.6) is 0 Å². The van der Waals surface area contributed by atoms with Gasteiger partial charge >= 0.3 is 0 Å². The van der Waals surface area contributed by atoms with Gasteiger partial charge in [0.2, 0.25) is 0 Å². The molecule has 3 nitrogen and oxygen atoms in total. The fourth-order valence-electron chi connectivity index (χ4n) is 3.15. The number of hydrogen-bond donors (Lipinski definition) is 1. The minimum Gasteiger partial charge on any atom is -0.369 e. The highest BCUT2D eigenvalue weighted by molar-refractivity contribution is 5.76. The summed E-state index contributed by atoms with van der Waals surface area (Å²) in [5.74, 6) is 1.91. The number of benzene rings is 1.